The maximum Gasteiger partial charge on any atom is 0.161 e. The molecule has 0 amide bonds. The lowest BCUT2D eigenvalue weighted by atomic mass is 10.0. The third-order valence-corrected chi connectivity index (χ3v) is 5.61. The van der Waals surface area contributed by atoms with Crippen LogP contribution < -0.4 is 9.47 Å². The lowest BCUT2D eigenvalue weighted by molar-refractivity contribution is 0.170. The molecule has 1 atom stereocenters. The first-order chi connectivity index (χ1) is 14.3. The predicted octanol–water partition coefficient (Wildman–Crippen LogP) is 3.85. The summed E-state index contributed by atoms with van der Waals surface area (Å²) in [5, 5.41) is 13.2. The molecular formula is C23H22N4O2. The van der Waals surface area contributed by atoms with Crippen LogP contribution in [0.5, 0.6) is 11.5 Å². The highest BCUT2D eigenvalue weighted by molar-refractivity contribution is 5.45. The van der Waals surface area contributed by atoms with Gasteiger partial charge in [-0.05, 0) is 54.8 Å². The van der Waals surface area contributed by atoms with Crippen molar-refractivity contribution in [3.63, 3.8) is 0 Å². The van der Waals surface area contributed by atoms with E-state index in [1.165, 1.54) is 17.5 Å². The minimum atomic E-state index is 0.398. The molecule has 0 aliphatic carbocycles. The van der Waals surface area contributed by atoms with E-state index in [2.05, 4.69) is 52.5 Å². The SMILES string of the molecule is N#Cc1cnn(-c2ccc(CN3CCCC3c3ccc4c(c3)OCCO4)cc2)c1. The van der Waals surface area contributed by atoms with Gasteiger partial charge in [-0.1, -0.05) is 18.2 Å². The van der Waals surface area contributed by atoms with Gasteiger partial charge in [0.05, 0.1) is 17.4 Å². The zero-order valence-corrected chi connectivity index (χ0v) is 16.1. The number of rotatable bonds is 4. The highest BCUT2D eigenvalue weighted by Gasteiger charge is 2.27. The summed E-state index contributed by atoms with van der Waals surface area (Å²) in [6.07, 6.45) is 5.67. The molecule has 1 aromatic heterocycles. The summed E-state index contributed by atoms with van der Waals surface area (Å²) in [5.41, 5.74) is 4.09. The summed E-state index contributed by atoms with van der Waals surface area (Å²) in [7, 11) is 0. The number of fused-ring (bicyclic) bond motifs is 1. The van der Waals surface area contributed by atoms with Crippen LogP contribution in [-0.4, -0.2) is 34.4 Å². The van der Waals surface area contributed by atoms with Crippen molar-refractivity contribution in [2.75, 3.05) is 19.8 Å². The van der Waals surface area contributed by atoms with Gasteiger partial charge in [0, 0.05) is 18.8 Å². The van der Waals surface area contributed by atoms with Gasteiger partial charge in [0.25, 0.3) is 0 Å². The average Bonchev–Trinajstić information content (AvgIpc) is 3.43. The second-order valence-electron chi connectivity index (χ2n) is 7.48. The van der Waals surface area contributed by atoms with Gasteiger partial charge in [0.15, 0.2) is 11.5 Å². The summed E-state index contributed by atoms with van der Waals surface area (Å²) in [6.45, 7) is 3.23. The number of benzene rings is 2. The Morgan fingerprint density at radius 1 is 1.07 bits per heavy atom. The van der Waals surface area contributed by atoms with Crippen LogP contribution in [0.2, 0.25) is 0 Å². The van der Waals surface area contributed by atoms with E-state index in [1.807, 2.05) is 6.07 Å². The first-order valence-electron chi connectivity index (χ1n) is 9.98. The first-order valence-corrected chi connectivity index (χ1v) is 9.98. The number of aromatic nitrogens is 2. The minimum Gasteiger partial charge on any atom is -0.486 e. The zero-order valence-electron chi connectivity index (χ0n) is 16.1. The standard InChI is InChI=1S/C23H22N4O2/c24-13-18-14-25-27(16-18)20-6-3-17(4-7-20)15-26-9-1-2-21(26)19-5-8-22-23(12-19)29-11-10-28-22/h3-8,12,14,16,21H,1-2,9-11,15H2. The average molecular weight is 386 g/mol. The summed E-state index contributed by atoms with van der Waals surface area (Å²) >= 11 is 0. The highest BCUT2D eigenvalue weighted by Crippen LogP contribution is 2.38. The van der Waals surface area contributed by atoms with E-state index in [-0.39, 0.29) is 0 Å². The zero-order chi connectivity index (χ0) is 19.6. The monoisotopic (exact) mass is 386 g/mol. The molecular weight excluding hydrogens is 364 g/mol. The normalized spacial score (nSPS) is 18.5. The van der Waals surface area contributed by atoms with Gasteiger partial charge in [-0.2, -0.15) is 10.4 Å². The molecule has 5 rings (SSSR count). The molecule has 1 fully saturated rings. The van der Waals surface area contributed by atoms with E-state index in [4.69, 9.17) is 14.7 Å². The van der Waals surface area contributed by atoms with Gasteiger partial charge in [-0.15, -0.1) is 0 Å². The molecule has 0 spiro atoms. The van der Waals surface area contributed by atoms with Gasteiger partial charge in [0.2, 0.25) is 0 Å². The van der Waals surface area contributed by atoms with Crippen molar-refractivity contribution in [2.24, 2.45) is 0 Å². The molecule has 1 unspecified atom stereocenters. The molecule has 0 radical (unpaired) electrons. The third kappa shape index (κ3) is 3.57. The van der Waals surface area contributed by atoms with Crippen molar-refractivity contribution < 1.29 is 9.47 Å². The maximum absolute atomic E-state index is 8.96. The van der Waals surface area contributed by atoms with Crippen LogP contribution in [0.15, 0.2) is 54.9 Å². The lowest BCUT2D eigenvalue weighted by Crippen LogP contribution is -2.23. The van der Waals surface area contributed by atoms with E-state index in [1.54, 1.807) is 17.1 Å². The van der Waals surface area contributed by atoms with Crippen LogP contribution in [0.3, 0.4) is 0 Å². The van der Waals surface area contributed by atoms with Gasteiger partial charge < -0.3 is 9.47 Å². The van der Waals surface area contributed by atoms with Crippen LogP contribution in [0.25, 0.3) is 5.69 Å². The maximum atomic E-state index is 8.96. The summed E-state index contributed by atoms with van der Waals surface area (Å²) in [4.78, 5) is 2.53. The molecule has 29 heavy (non-hydrogen) atoms. The molecule has 2 aliphatic rings. The molecule has 2 aromatic carbocycles. The van der Waals surface area contributed by atoms with Crippen molar-refractivity contribution in [3.8, 4) is 23.3 Å². The van der Waals surface area contributed by atoms with Crippen molar-refractivity contribution in [1.82, 2.24) is 14.7 Å². The number of nitriles is 1. The van der Waals surface area contributed by atoms with E-state index >= 15 is 0 Å². The van der Waals surface area contributed by atoms with Gasteiger partial charge in [-0.3, -0.25) is 4.90 Å². The number of hydrogen-bond acceptors (Lipinski definition) is 5. The molecule has 3 aromatic rings. The largest absolute Gasteiger partial charge is 0.486 e. The Hall–Kier alpha value is -3.30. The van der Waals surface area contributed by atoms with E-state index in [0.29, 0.717) is 24.8 Å². The molecule has 146 valence electrons. The summed E-state index contributed by atoms with van der Waals surface area (Å²) in [6, 6.07) is 17.2. The quantitative estimate of drug-likeness (QED) is 0.681. The molecule has 0 N–H and O–H groups in total. The summed E-state index contributed by atoms with van der Waals surface area (Å²) < 4.78 is 13.2. The Morgan fingerprint density at radius 2 is 1.90 bits per heavy atom. The van der Waals surface area contributed by atoms with Crippen LogP contribution in [0.4, 0.5) is 0 Å². The first kappa shape index (κ1) is 17.8. The highest BCUT2D eigenvalue weighted by atomic mass is 16.6. The van der Waals surface area contributed by atoms with Crippen LogP contribution in [-0.2, 0) is 6.54 Å². The van der Waals surface area contributed by atoms with Crippen molar-refractivity contribution in [1.29, 1.82) is 5.26 Å². The minimum absolute atomic E-state index is 0.398. The van der Waals surface area contributed by atoms with Crippen molar-refractivity contribution in [2.45, 2.75) is 25.4 Å². The van der Waals surface area contributed by atoms with E-state index in [0.717, 1.165) is 36.7 Å². The number of hydrogen-bond donors (Lipinski definition) is 0. The van der Waals surface area contributed by atoms with Gasteiger partial charge in [0.1, 0.15) is 19.3 Å². The lowest BCUT2D eigenvalue weighted by Gasteiger charge is -2.26. The van der Waals surface area contributed by atoms with Crippen molar-refractivity contribution in [3.05, 3.63) is 71.5 Å². The summed E-state index contributed by atoms with van der Waals surface area (Å²) in [5.74, 6) is 1.71. The Morgan fingerprint density at radius 3 is 2.69 bits per heavy atom. The number of likely N-dealkylation sites (tertiary alicyclic amines) is 1. The fraction of sp³-hybridized carbons (Fsp3) is 0.304. The van der Waals surface area contributed by atoms with Gasteiger partial charge in [-0.25, -0.2) is 4.68 Å². The molecule has 2 aliphatic heterocycles. The number of ether oxygens (including phenoxy) is 2. The molecule has 6 heteroatoms. The number of nitrogens with zero attached hydrogens (tertiary/aromatic N) is 4. The van der Waals surface area contributed by atoms with Crippen LogP contribution in [0, 0.1) is 11.3 Å². The second-order valence-corrected chi connectivity index (χ2v) is 7.48. The molecule has 1 saturated heterocycles. The Bertz CT molecular complexity index is 1050. The van der Waals surface area contributed by atoms with Crippen molar-refractivity contribution >= 4 is 0 Å². The van der Waals surface area contributed by atoms with Gasteiger partial charge >= 0.3 is 0 Å². The molecule has 6 nitrogen and oxygen atoms in total. The Balaban J connectivity index is 1.31. The second kappa shape index (κ2) is 7.61. The van der Waals surface area contributed by atoms with E-state index < -0.39 is 0 Å². The molecule has 0 saturated carbocycles. The fourth-order valence-electron chi connectivity index (χ4n) is 4.17. The van der Waals surface area contributed by atoms with Crippen LogP contribution in [0.1, 0.15) is 35.6 Å². The molecule has 0 bridgehead atoms. The Labute approximate surface area is 169 Å². The van der Waals surface area contributed by atoms with E-state index in [9.17, 15) is 0 Å². The van der Waals surface area contributed by atoms with Crippen LogP contribution >= 0.6 is 0 Å². The topological polar surface area (TPSA) is 63.3 Å². The molecule has 3 heterocycles. The Kier molecular flexibility index (Phi) is 4.66. The smallest absolute Gasteiger partial charge is 0.161 e. The predicted molar refractivity (Wildman–Crippen MR) is 108 cm³/mol. The third-order valence-electron chi connectivity index (χ3n) is 5.61. The fourth-order valence-corrected chi connectivity index (χ4v) is 4.17.